The Hall–Kier alpha value is -1.43. The first kappa shape index (κ1) is 6.29. The smallest absolute Gasteiger partial charge is 0.203 e. The standard InChI is InChI=1S/C5H4N4OS/c6-5-9-8-4(11-5)3-1-10-2-7-3/h1-2H,(H2,6,9). The van der Waals surface area contributed by atoms with Gasteiger partial charge in [0.05, 0.1) is 0 Å². The molecule has 6 heteroatoms. The van der Waals surface area contributed by atoms with Gasteiger partial charge in [0.2, 0.25) is 5.13 Å². The van der Waals surface area contributed by atoms with Crippen molar-refractivity contribution >= 4 is 16.5 Å². The number of aromatic nitrogens is 3. The Labute approximate surface area is 65.9 Å². The van der Waals surface area contributed by atoms with Gasteiger partial charge in [0.25, 0.3) is 0 Å². The summed E-state index contributed by atoms with van der Waals surface area (Å²) in [5.41, 5.74) is 6.04. The molecule has 0 aliphatic rings. The van der Waals surface area contributed by atoms with E-state index in [9.17, 15) is 0 Å². The van der Waals surface area contributed by atoms with Crippen LogP contribution < -0.4 is 5.73 Å². The van der Waals surface area contributed by atoms with Crippen molar-refractivity contribution in [1.82, 2.24) is 15.2 Å². The number of hydrogen-bond acceptors (Lipinski definition) is 6. The molecule has 2 heterocycles. The van der Waals surface area contributed by atoms with Crippen LogP contribution in [0.25, 0.3) is 10.7 Å². The molecule has 0 bridgehead atoms. The molecule has 0 aromatic carbocycles. The summed E-state index contributed by atoms with van der Waals surface area (Å²) >= 11 is 1.28. The van der Waals surface area contributed by atoms with Crippen molar-refractivity contribution in [2.45, 2.75) is 0 Å². The topological polar surface area (TPSA) is 77.8 Å². The van der Waals surface area contributed by atoms with Gasteiger partial charge in [-0.05, 0) is 0 Å². The number of nitrogens with two attached hydrogens (primary N) is 1. The first-order valence-electron chi connectivity index (χ1n) is 2.84. The van der Waals surface area contributed by atoms with Crippen LogP contribution in [0.1, 0.15) is 0 Å². The summed E-state index contributed by atoms with van der Waals surface area (Å²) in [6, 6.07) is 0. The highest BCUT2D eigenvalue weighted by atomic mass is 32.1. The van der Waals surface area contributed by atoms with Gasteiger partial charge in [-0.1, -0.05) is 11.3 Å². The fourth-order valence-corrected chi connectivity index (χ4v) is 1.22. The number of anilines is 1. The number of rotatable bonds is 1. The van der Waals surface area contributed by atoms with Gasteiger partial charge in [-0.15, -0.1) is 10.2 Å². The lowest BCUT2D eigenvalue weighted by atomic mass is 10.5. The fourth-order valence-electron chi connectivity index (χ4n) is 0.656. The summed E-state index contributed by atoms with van der Waals surface area (Å²) in [6.45, 7) is 0. The van der Waals surface area contributed by atoms with E-state index in [-0.39, 0.29) is 0 Å². The molecule has 56 valence electrons. The summed E-state index contributed by atoms with van der Waals surface area (Å²) < 4.78 is 4.77. The Morgan fingerprint density at radius 1 is 1.45 bits per heavy atom. The Bertz CT molecular complexity index is 341. The lowest BCUT2D eigenvalue weighted by Crippen LogP contribution is -1.80. The molecule has 2 N–H and O–H groups in total. The fraction of sp³-hybridized carbons (Fsp3) is 0. The van der Waals surface area contributed by atoms with Crippen LogP contribution in [0.15, 0.2) is 17.1 Å². The van der Waals surface area contributed by atoms with Gasteiger partial charge in [-0.3, -0.25) is 0 Å². The molecule has 0 amide bonds. The van der Waals surface area contributed by atoms with E-state index in [0.717, 1.165) is 0 Å². The minimum atomic E-state index is 0.433. The third-order valence-corrected chi connectivity index (χ3v) is 1.87. The van der Waals surface area contributed by atoms with E-state index in [0.29, 0.717) is 15.8 Å². The molecule has 0 atom stereocenters. The minimum Gasteiger partial charge on any atom is -0.451 e. The predicted molar refractivity (Wildman–Crippen MR) is 39.8 cm³/mol. The van der Waals surface area contributed by atoms with Crippen LogP contribution in [0.3, 0.4) is 0 Å². The maximum atomic E-state index is 5.37. The quantitative estimate of drug-likeness (QED) is 0.680. The molecule has 0 spiro atoms. The second-order valence-corrected chi connectivity index (χ2v) is 2.83. The summed E-state index contributed by atoms with van der Waals surface area (Å²) in [6.07, 6.45) is 2.84. The zero-order chi connectivity index (χ0) is 7.68. The van der Waals surface area contributed by atoms with Crippen LogP contribution in [0.4, 0.5) is 5.13 Å². The van der Waals surface area contributed by atoms with E-state index < -0.39 is 0 Å². The Morgan fingerprint density at radius 2 is 2.36 bits per heavy atom. The van der Waals surface area contributed by atoms with Crippen molar-refractivity contribution in [2.24, 2.45) is 0 Å². The lowest BCUT2D eigenvalue weighted by molar-refractivity contribution is 0.558. The van der Waals surface area contributed by atoms with E-state index >= 15 is 0 Å². The molecule has 2 aromatic heterocycles. The van der Waals surface area contributed by atoms with Gasteiger partial charge in [0.15, 0.2) is 11.4 Å². The summed E-state index contributed by atoms with van der Waals surface area (Å²) in [4.78, 5) is 3.89. The number of oxazole rings is 1. The monoisotopic (exact) mass is 168 g/mol. The maximum absolute atomic E-state index is 5.37. The van der Waals surface area contributed by atoms with Crippen LogP contribution >= 0.6 is 11.3 Å². The highest BCUT2D eigenvalue weighted by Crippen LogP contribution is 2.22. The van der Waals surface area contributed by atoms with E-state index in [1.54, 1.807) is 0 Å². The number of nitrogen functional groups attached to an aromatic ring is 1. The van der Waals surface area contributed by atoms with Crippen LogP contribution in [0.2, 0.25) is 0 Å². The van der Waals surface area contributed by atoms with Crippen LogP contribution in [-0.4, -0.2) is 15.2 Å². The van der Waals surface area contributed by atoms with Crippen LogP contribution in [0, 0.1) is 0 Å². The zero-order valence-electron chi connectivity index (χ0n) is 5.39. The van der Waals surface area contributed by atoms with Gasteiger partial charge in [0, 0.05) is 0 Å². The molecule has 0 fully saturated rings. The molecule has 0 saturated heterocycles. The Balaban J connectivity index is 2.45. The largest absolute Gasteiger partial charge is 0.451 e. The molecular weight excluding hydrogens is 164 g/mol. The summed E-state index contributed by atoms with van der Waals surface area (Å²) in [5, 5.41) is 8.53. The Kier molecular flexibility index (Phi) is 1.32. The third-order valence-electron chi connectivity index (χ3n) is 1.09. The number of hydrogen-bond donors (Lipinski definition) is 1. The van der Waals surface area contributed by atoms with E-state index in [1.165, 1.54) is 24.0 Å². The van der Waals surface area contributed by atoms with Gasteiger partial charge in [-0.2, -0.15) is 0 Å². The molecule has 11 heavy (non-hydrogen) atoms. The summed E-state index contributed by atoms with van der Waals surface area (Å²) in [7, 11) is 0. The van der Waals surface area contributed by atoms with Gasteiger partial charge >= 0.3 is 0 Å². The highest BCUT2D eigenvalue weighted by molar-refractivity contribution is 7.18. The molecule has 5 nitrogen and oxygen atoms in total. The van der Waals surface area contributed by atoms with Crippen molar-refractivity contribution in [3.8, 4) is 10.7 Å². The zero-order valence-corrected chi connectivity index (χ0v) is 6.21. The molecule has 0 unspecified atom stereocenters. The second kappa shape index (κ2) is 2.31. The molecule has 0 aliphatic carbocycles. The van der Waals surface area contributed by atoms with Gasteiger partial charge < -0.3 is 10.2 Å². The van der Waals surface area contributed by atoms with Crippen molar-refractivity contribution in [3.05, 3.63) is 12.7 Å². The van der Waals surface area contributed by atoms with Crippen molar-refractivity contribution in [3.63, 3.8) is 0 Å². The second-order valence-electron chi connectivity index (χ2n) is 1.82. The molecule has 2 aromatic rings. The van der Waals surface area contributed by atoms with Crippen molar-refractivity contribution in [2.75, 3.05) is 5.73 Å². The molecule has 0 radical (unpaired) electrons. The van der Waals surface area contributed by atoms with E-state index in [2.05, 4.69) is 15.2 Å². The third kappa shape index (κ3) is 1.07. The highest BCUT2D eigenvalue weighted by Gasteiger charge is 2.05. The number of nitrogens with zero attached hydrogens (tertiary/aromatic N) is 3. The van der Waals surface area contributed by atoms with Crippen molar-refractivity contribution < 1.29 is 4.42 Å². The van der Waals surface area contributed by atoms with E-state index in [4.69, 9.17) is 10.2 Å². The lowest BCUT2D eigenvalue weighted by Gasteiger charge is -1.79. The van der Waals surface area contributed by atoms with Crippen LogP contribution in [-0.2, 0) is 0 Å². The van der Waals surface area contributed by atoms with E-state index in [1.807, 2.05) is 0 Å². The van der Waals surface area contributed by atoms with Gasteiger partial charge in [0.1, 0.15) is 12.0 Å². The normalized spacial score (nSPS) is 10.2. The van der Waals surface area contributed by atoms with Crippen LogP contribution in [0.5, 0.6) is 0 Å². The average Bonchev–Trinajstić information content (AvgIpc) is 2.55. The first-order chi connectivity index (χ1) is 5.36. The SMILES string of the molecule is Nc1nnc(-c2cocn2)s1. The van der Waals surface area contributed by atoms with Crippen molar-refractivity contribution in [1.29, 1.82) is 0 Å². The molecule has 0 saturated carbocycles. The maximum Gasteiger partial charge on any atom is 0.203 e. The molecular formula is C5H4N4OS. The molecule has 0 aliphatic heterocycles. The van der Waals surface area contributed by atoms with Gasteiger partial charge in [-0.25, -0.2) is 4.98 Å². The minimum absolute atomic E-state index is 0.433. The predicted octanol–water partition coefficient (Wildman–Crippen LogP) is 0.775. The Morgan fingerprint density at radius 3 is 2.91 bits per heavy atom. The first-order valence-corrected chi connectivity index (χ1v) is 3.65. The summed E-state index contributed by atoms with van der Waals surface area (Å²) in [5.74, 6) is 0. The average molecular weight is 168 g/mol. The molecule has 2 rings (SSSR count).